The van der Waals surface area contributed by atoms with Gasteiger partial charge in [-0.05, 0) is 23.6 Å². The van der Waals surface area contributed by atoms with Gasteiger partial charge in [-0.1, -0.05) is 42.5 Å². The second-order valence-corrected chi connectivity index (χ2v) is 8.77. The predicted molar refractivity (Wildman–Crippen MR) is 110 cm³/mol. The van der Waals surface area contributed by atoms with Gasteiger partial charge in [-0.25, -0.2) is 0 Å². The minimum Gasteiger partial charge on any atom is -0.354 e. The normalized spacial score (nSPS) is 12.9. The number of hydrogen-bond acceptors (Lipinski definition) is 5. The van der Waals surface area contributed by atoms with Gasteiger partial charge >= 0.3 is 10.2 Å². The van der Waals surface area contributed by atoms with E-state index >= 15 is 0 Å². The van der Waals surface area contributed by atoms with Crippen molar-refractivity contribution in [1.29, 1.82) is 0 Å². The van der Waals surface area contributed by atoms with E-state index in [0.717, 1.165) is 10.3 Å². The first-order chi connectivity index (χ1) is 13.9. The van der Waals surface area contributed by atoms with E-state index in [4.69, 9.17) is 0 Å². The largest absolute Gasteiger partial charge is 0.354 e. The lowest BCUT2D eigenvalue weighted by Crippen LogP contribution is -2.13. The molecule has 2 aromatic carbocycles. The molecule has 0 aliphatic rings. The molecule has 0 bridgehead atoms. The monoisotopic (exact) mass is 430 g/mol. The molecule has 1 N–H and O–H groups in total. The Morgan fingerprint density at radius 3 is 2.48 bits per heavy atom. The van der Waals surface area contributed by atoms with Crippen LogP contribution >= 0.6 is 11.3 Å². The Morgan fingerprint density at radius 2 is 1.79 bits per heavy atom. The average molecular weight is 430 g/mol. The standard InChI is InChI=1S/C20H15FN2O4S2/c21-29(26,27)18-10-4-2-7-14(18)20-19(13-6-1-3-8-16(13)22-20)15(12-23(24)25)17-9-5-11-28-17/h1-11,15,22H,12H2. The zero-order valence-electron chi connectivity index (χ0n) is 14.9. The first-order valence-corrected chi connectivity index (χ1v) is 10.9. The van der Waals surface area contributed by atoms with E-state index in [2.05, 4.69) is 4.98 Å². The van der Waals surface area contributed by atoms with Crippen LogP contribution in [0.5, 0.6) is 0 Å². The zero-order valence-corrected chi connectivity index (χ0v) is 16.5. The third kappa shape index (κ3) is 3.66. The fraction of sp³-hybridized carbons (Fsp3) is 0.100. The molecule has 0 spiro atoms. The van der Waals surface area contributed by atoms with Gasteiger partial charge in [0.2, 0.25) is 6.54 Å². The number of nitrogens with zero attached hydrogens (tertiary/aromatic N) is 1. The number of H-pyrrole nitrogens is 1. The minimum absolute atomic E-state index is 0.145. The fourth-order valence-electron chi connectivity index (χ4n) is 3.59. The van der Waals surface area contributed by atoms with Gasteiger partial charge in [0.1, 0.15) is 4.90 Å². The second-order valence-electron chi connectivity index (χ2n) is 6.48. The number of rotatable bonds is 6. The van der Waals surface area contributed by atoms with Crippen molar-refractivity contribution >= 4 is 32.5 Å². The number of halogens is 1. The summed E-state index contributed by atoms with van der Waals surface area (Å²) in [4.78, 5) is 14.5. The van der Waals surface area contributed by atoms with Crippen LogP contribution in [-0.4, -0.2) is 24.9 Å². The number of aromatic nitrogens is 1. The predicted octanol–water partition coefficient (Wildman–Crippen LogP) is 4.96. The van der Waals surface area contributed by atoms with Crippen LogP contribution < -0.4 is 0 Å². The lowest BCUT2D eigenvalue weighted by atomic mass is 9.92. The molecule has 1 unspecified atom stereocenters. The molecule has 6 nitrogen and oxygen atoms in total. The summed E-state index contributed by atoms with van der Waals surface area (Å²) in [5.41, 5.74) is 1.78. The van der Waals surface area contributed by atoms with Gasteiger partial charge in [0.15, 0.2) is 0 Å². The Bertz CT molecular complexity index is 1300. The van der Waals surface area contributed by atoms with Gasteiger partial charge in [-0.15, -0.1) is 15.2 Å². The van der Waals surface area contributed by atoms with Crippen molar-refractivity contribution in [3.05, 3.63) is 86.6 Å². The topological polar surface area (TPSA) is 93.1 Å². The molecular weight excluding hydrogens is 415 g/mol. The number of thiophene rings is 1. The Kier molecular flexibility index (Phi) is 4.93. The molecule has 148 valence electrons. The Labute approximate surface area is 170 Å². The number of nitro groups is 1. The Morgan fingerprint density at radius 1 is 1.07 bits per heavy atom. The van der Waals surface area contributed by atoms with Gasteiger partial charge in [0.25, 0.3) is 0 Å². The van der Waals surface area contributed by atoms with E-state index < -0.39 is 26.0 Å². The highest BCUT2D eigenvalue weighted by atomic mass is 32.3. The number of nitrogens with one attached hydrogen (secondary N) is 1. The van der Waals surface area contributed by atoms with Crippen LogP contribution in [0.1, 0.15) is 16.4 Å². The molecule has 4 aromatic rings. The summed E-state index contributed by atoms with van der Waals surface area (Å²) in [5.74, 6) is -0.619. The van der Waals surface area contributed by atoms with E-state index in [-0.39, 0.29) is 12.1 Å². The molecule has 0 fully saturated rings. The molecule has 2 heterocycles. The van der Waals surface area contributed by atoms with Gasteiger partial charge in [-0.3, -0.25) is 10.1 Å². The third-order valence-corrected chi connectivity index (χ3v) is 6.60. The molecule has 29 heavy (non-hydrogen) atoms. The molecule has 0 aliphatic heterocycles. The summed E-state index contributed by atoms with van der Waals surface area (Å²) < 4.78 is 37.5. The summed E-state index contributed by atoms with van der Waals surface area (Å²) in [6.45, 7) is -0.375. The highest BCUT2D eigenvalue weighted by Gasteiger charge is 2.30. The van der Waals surface area contributed by atoms with Crippen molar-refractivity contribution < 1.29 is 17.2 Å². The molecule has 4 rings (SSSR count). The van der Waals surface area contributed by atoms with Crippen LogP contribution in [0.3, 0.4) is 0 Å². The first kappa shape index (κ1) is 19.3. The summed E-state index contributed by atoms with van der Waals surface area (Å²) in [5, 5.41) is 14.0. The Hall–Kier alpha value is -3.04. The highest BCUT2D eigenvalue weighted by Crippen LogP contribution is 2.42. The summed E-state index contributed by atoms with van der Waals surface area (Å²) >= 11 is 1.38. The van der Waals surface area contributed by atoms with Crippen molar-refractivity contribution in [3.63, 3.8) is 0 Å². The van der Waals surface area contributed by atoms with Crippen LogP contribution in [0, 0.1) is 10.1 Å². The summed E-state index contributed by atoms with van der Waals surface area (Å²) in [7, 11) is -4.99. The maximum absolute atomic E-state index is 14.0. The number of aromatic amines is 1. The quantitative estimate of drug-likeness (QED) is 0.266. The van der Waals surface area contributed by atoms with E-state index in [1.54, 1.807) is 30.3 Å². The van der Waals surface area contributed by atoms with E-state index in [1.165, 1.54) is 29.5 Å². The number of fused-ring (bicyclic) bond motifs is 1. The maximum Gasteiger partial charge on any atom is 0.332 e. The van der Waals surface area contributed by atoms with Gasteiger partial charge in [-0.2, -0.15) is 8.42 Å². The van der Waals surface area contributed by atoms with Crippen LogP contribution in [-0.2, 0) is 10.2 Å². The van der Waals surface area contributed by atoms with Crippen molar-refractivity contribution in [3.8, 4) is 11.3 Å². The smallest absolute Gasteiger partial charge is 0.332 e. The molecule has 0 saturated carbocycles. The van der Waals surface area contributed by atoms with Gasteiger partial charge in [0, 0.05) is 31.8 Å². The minimum atomic E-state index is -4.99. The van der Waals surface area contributed by atoms with Crippen LogP contribution in [0.15, 0.2) is 70.9 Å². The molecule has 1 atom stereocenters. The number of hydrogen-bond donors (Lipinski definition) is 1. The third-order valence-electron chi connectivity index (χ3n) is 4.73. The van der Waals surface area contributed by atoms with Gasteiger partial charge in [0.05, 0.1) is 11.6 Å². The molecule has 0 saturated heterocycles. The lowest BCUT2D eigenvalue weighted by molar-refractivity contribution is -0.481. The number of benzene rings is 2. The maximum atomic E-state index is 14.0. The van der Waals surface area contributed by atoms with E-state index in [0.29, 0.717) is 16.8 Å². The molecular formula is C20H15FN2O4S2. The first-order valence-electron chi connectivity index (χ1n) is 8.66. The molecule has 0 radical (unpaired) electrons. The number of para-hydroxylation sites is 1. The van der Waals surface area contributed by atoms with Crippen molar-refractivity contribution in [2.75, 3.05) is 6.54 Å². The SMILES string of the molecule is O=[N+]([O-])CC(c1cccs1)c1c(-c2ccccc2S(=O)(=O)F)[nH]c2ccccc12. The molecule has 2 aromatic heterocycles. The summed E-state index contributed by atoms with van der Waals surface area (Å²) in [6.07, 6.45) is 0. The van der Waals surface area contributed by atoms with Crippen LogP contribution in [0.25, 0.3) is 22.2 Å². The van der Waals surface area contributed by atoms with Crippen LogP contribution in [0.2, 0.25) is 0 Å². The Balaban J connectivity index is 2.06. The van der Waals surface area contributed by atoms with Crippen molar-refractivity contribution in [1.82, 2.24) is 4.98 Å². The van der Waals surface area contributed by atoms with E-state index in [9.17, 15) is 22.4 Å². The molecule has 0 aliphatic carbocycles. The summed E-state index contributed by atoms with van der Waals surface area (Å²) in [6, 6.07) is 16.6. The second kappa shape index (κ2) is 7.41. The van der Waals surface area contributed by atoms with Crippen molar-refractivity contribution in [2.24, 2.45) is 0 Å². The highest BCUT2D eigenvalue weighted by molar-refractivity contribution is 7.86. The van der Waals surface area contributed by atoms with Crippen LogP contribution in [0.4, 0.5) is 3.89 Å². The van der Waals surface area contributed by atoms with Gasteiger partial charge < -0.3 is 4.98 Å². The average Bonchev–Trinajstić information content (AvgIpc) is 3.33. The van der Waals surface area contributed by atoms with E-state index in [1.807, 2.05) is 17.5 Å². The van der Waals surface area contributed by atoms with Crippen molar-refractivity contribution in [2.45, 2.75) is 10.8 Å². The zero-order chi connectivity index (χ0) is 20.6. The fourth-order valence-corrected chi connectivity index (χ4v) is 5.09. The molecule has 0 amide bonds. The lowest BCUT2D eigenvalue weighted by Gasteiger charge is -2.15. The molecule has 9 heteroatoms.